The Kier molecular flexibility index (Phi) is 8.55. The smallest absolute Gasteiger partial charge is 0.191 e. The Morgan fingerprint density at radius 2 is 2.12 bits per heavy atom. The number of fused-ring (bicyclic) bond motifs is 1. The van der Waals surface area contributed by atoms with Crippen LogP contribution in [0.4, 0.5) is 0 Å². The first-order valence-electron chi connectivity index (χ1n) is 9.34. The van der Waals surface area contributed by atoms with Gasteiger partial charge in [-0.3, -0.25) is 9.89 Å². The van der Waals surface area contributed by atoms with Crippen LogP contribution in [0.5, 0.6) is 0 Å². The average Bonchev–Trinajstić information content (AvgIpc) is 3.00. The summed E-state index contributed by atoms with van der Waals surface area (Å²) in [6.45, 7) is 10.9. The summed E-state index contributed by atoms with van der Waals surface area (Å²) in [5.41, 5.74) is 0. The highest BCUT2D eigenvalue weighted by Gasteiger charge is 2.24. The van der Waals surface area contributed by atoms with Crippen molar-refractivity contribution in [2.45, 2.75) is 39.3 Å². The van der Waals surface area contributed by atoms with E-state index in [0.29, 0.717) is 5.92 Å². The molecule has 0 aromatic carbocycles. The van der Waals surface area contributed by atoms with Gasteiger partial charge in [0.1, 0.15) is 11.6 Å². The number of ether oxygens (including phenoxy) is 1. The van der Waals surface area contributed by atoms with Crippen molar-refractivity contribution in [1.82, 2.24) is 30.3 Å². The summed E-state index contributed by atoms with van der Waals surface area (Å²) in [5.74, 6) is 3.25. The minimum atomic E-state index is 0. The van der Waals surface area contributed by atoms with Crippen molar-refractivity contribution in [2.75, 3.05) is 46.4 Å². The molecule has 3 heterocycles. The van der Waals surface area contributed by atoms with Gasteiger partial charge in [0, 0.05) is 39.8 Å². The highest BCUT2D eigenvalue weighted by molar-refractivity contribution is 14.0. The third-order valence-electron chi connectivity index (χ3n) is 4.81. The number of nitrogens with zero attached hydrogens (tertiary/aromatic N) is 5. The monoisotopic (exact) mass is 477 g/mol. The first-order chi connectivity index (χ1) is 12.2. The van der Waals surface area contributed by atoms with Crippen molar-refractivity contribution < 1.29 is 4.74 Å². The Morgan fingerprint density at radius 1 is 1.35 bits per heavy atom. The van der Waals surface area contributed by atoms with Gasteiger partial charge in [-0.05, 0) is 25.7 Å². The Bertz CT molecular complexity index is 586. The number of rotatable bonds is 5. The Morgan fingerprint density at radius 3 is 2.85 bits per heavy atom. The van der Waals surface area contributed by atoms with Crippen LogP contribution in [0.2, 0.25) is 0 Å². The molecule has 0 spiro atoms. The lowest BCUT2D eigenvalue weighted by Crippen LogP contribution is -2.45. The van der Waals surface area contributed by atoms with Crippen LogP contribution in [-0.4, -0.2) is 72.1 Å². The van der Waals surface area contributed by atoms with Crippen LogP contribution in [0.3, 0.4) is 0 Å². The molecule has 0 saturated carbocycles. The molecule has 1 fully saturated rings. The number of aromatic nitrogens is 3. The van der Waals surface area contributed by atoms with Crippen molar-refractivity contribution in [3.8, 4) is 0 Å². The molecule has 0 amide bonds. The molecule has 9 heteroatoms. The number of guanidine groups is 1. The second-order valence-corrected chi connectivity index (χ2v) is 7.05. The second-order valence-electron chi connectivity index (χ2n) is 7.05. The number of nitrogens with one attached hydrogen (secondary N) is 2. The highest BCUT2D eigenvalue weighted by atomic mass is 127. The molecule has 1 saturated heterocycles. The lowest BCUT2D eigenvalue weighted by Gasteiger charge is -2.30. The standard InChI is InChI=1S/C17H31N7O.HI/c1-13(12-23-7-9-25-10-8-23)11-19-17(18-3)21-15-5-4-6-24-16(15)20-14(2)22-24;/h13,15H,4-12H2,1-3H3,(H2,18,19,21);1H. The fourth-order valence-corrected chi connectivity index (χ4v) is 3.52. The maximum atomic E-state index is 5.41. The summed E-state index contributed by atoms with van der Waals surface area (Å²) in [6.07, 6.45) is 2.17. The molecule has 148 valence electrons. The van der Waals surface area contributed by atoms with Crippen molar-refractivity contribution in [3.63, 3.8) is 0 Å². The largest absolute Gasteiger partial charge is 0.379 e. The molecule has 2 N–H and O–H groups in total. The van der Waals surface area contributed by atoms with Crippen molar-refractivity contribution in [1.29, 1.82) is 0 Å². The lowest BCUT2D eigenvalue weighted by atomic mass is 10.1. The number of halogens is 1. The van der Waals surface area contributed by atoms with Crippen LogP contribution in [0.15, 0.2) is 4.99 Å². The molecular weight excluding hydrogens is 445 g/mol. The summed E-state index contributed by atoms with van der Waals surface area (Å²) in [7, 11) is 1.82. The van der Waals surface area contributed by atoms with E-state index in [4.69, 9.17) is 4.74 Å². The molecule has 8 nitrogen and oxygen atoms in total. The molecule has 1 aromatic rings. The van der Waals surface area contributed by atoms with Gasteiger partial charge in [-0.2, -0.15) is 5.10 Å². The zero-order valence-electron chi connectivity index (χ0n) is 16.1. The SMILES string of the molecule is CN=C(NCC(C)CN1CCOCC1)NC1CCCn2nc(C)nc21.I. The van der Waals surface area contributed by atoms with Gasteiger partial charge in [0.25, 0.3) is 0 Å². The minimum absolute atomic E-state index is 0. The van der Waals surface area contributed by atoms with E-state index in [2.05, 4.69) is 37.5 Å². The topological polar surface area (TPSA) is 79.6 Å². The normalized spacial score (nSPS) is 22.3. The quantitative estimate of drug-likeness (QED) is 0.377. The fraction of sp³-hybridized carbons (Fsp3) is 0.824. The van der Waals surface area contributed by atoms with E-state index in [1.54, 1.807) is 0 Å². The third kappa shape index (κ3) is 5.78. The van der Waals surface area contributed by atoms with Gasteiger partial charge in [-0.25, -0.2) is 9.67 Å². The van der Waals surface area contributed by atoms with Crippen LogP contribution in [-0.2, 0) is 11.3 Å². The Hall–Kier alpha value is -0.940. The van der Waals surface area contributed by atoms with Crippen LogP contribution >= 0.6 is 24.0 Å². The predicted octanol–water partition coefficient (Wildman–Crippen LogP) is 1.17. The van der Waals surface area contributed by atoms with Crippen molar-refractivity contribution >= 4 is 29.9 Å². The maximum absolute atomic E-state index is 5.41. The van der Waals surface area contributed by atoms with Crippen LogP contribution in [0, 0.1) is 12.8 Å². The molecule has 1 aromatic heterocycles. The summed E-state index contributed by atoms with van der Waals surface area (Å²) < 4.78 is 7.43. The molecule has 2 aliphatic heterocycles. The maximum Gasteiger partial charge on any atom is 0.191 e. The first kappa shape index (κ1) is 21.4. The highest BCUT2D eigenvalue weighted by Crippen LogP contribution is 2.22. The van der Waals surface area contributed by atoms with Gasteiger partial charge in [0.2, 0.25) is 0 Å². The van der Waals surface area contributed by atoms with Gasteiger partial charge in [0.15, 0.2) is 5.96 Å². The minimum Gasteiger partial charge on any atom is -0.379 e. The molecule has 3 rings (SSSR count). The Labute approximate surface area is 173 Å². The van der Waals surface area contributed by atoms with Gasteiger partial charge in [0.05, 0.1) is 19.3 Å². The summed E-state index contributed by atoms with van der Waals surface area (Å²) in [4.78, 5) is 11.4. The number of aryl methyl sites for hydroxylation is 2. The summed E-state index contributed by atoms with van der Waals surface area (Å²) in [6, 6.07) is 0.177. The van der Waals surface area contributed by atoms with E-state index in [0.717, 1.165) is 76.4 Å². The summed E-state index contributed by atoms with van der Waals surface area (Å²) in [5, 5.41) is 11.4. The Balaban J connectivity index is 0.00000243. The number of morpholine rings is 1. The molecule has 0 bridgehead atoms. The number of hydrogen-bond acceptors (Lipinski definition) is 5. The molecule has 0 radical (unpaired) electrons. The average molecular weight is 477 g/mol. The van der Waals surface area contributed by atoms with Gasteiger partial charge in [-0.1, -0.05) is 6.92 Å². The van der Waals surface area contributed by atoms with E-state index in [-0.39, 0.29) is 30.0 Å². The second kappa shape index (κ2) is 10.4. The summed E-state index contributed by atoms with van der Waals surface area (Å²) >= 11 is 0. The fourth-order valence-electron chi connectivity index (χ4n) is 3.52. The van der Waals surface area contributed by atoms with E-state index >= 15 is 0 Å². The van der Waals surface area contributed by atoms with E-state index in [1.165, 1.54) is 0 Å². The van der Waals surface area contributed by atoms with Crippen LogP contribution in [0.1, 0.15) is 37.5 Å². The van der Waals surface area contributed by atoms with Crippen molar-refractivity contribution in [3.05, 3.63) is 11.6 Å². The number of aliphatic imine (C=N–C) groups is 1. The zero-order valence-corrected chi connectivity index (χ0v) is 18.4. The van der Waals surface area contributed by atoms with Crippen LogP contribution < -0.4 is 10.6 Å². The molecule has 26 heavy (non-hydrogen) atoms. The first-order valence-corrected chi connectivity index (χ1v) is 9.34. The number of hydrogen-bond donors (Lipinski definition) is 2. The van der Waals surface area contributed by atoms with E-state index in [1.807, 2.05) is 18.7 Å². The van der Waals surface area contributed by atoms with E-state index < -0.39 is 0 Å². The third-order valence-corrected chi connectivity index (χ3v) is 4.81. The predicted molar refractivity (Wildman–Crippen MR) is 113 cm³/mol. The molecule has 2 aliphatic rings. The molecule has 0 aliphatic carbocycles. The molecule has 2 unspecified atom stereocenters. The van der Waals surface area contributed by atoms with Gasteiger partial charge < -0.3 is 15.4 Å². The van der Waals surface area contributed by atoms with E-state index in [9.17, 15) is 0 Å². The van der Waals surface area contributed by atoms with Crippen LogP contribution in [0.25, 0.3) is 0 Å². The lowest BCUT2D eigenvalue weighted by molar-refractivity contribution is 0.0320. The molecular formula is C17H32IN7O. The van der Waals surface area contributed by atoms with Gasteiger partial charge >= 0.3 is 0 Å². The van der Waals surface area contributed by atoms with Crippen molar-refractivity contribution in [2.24, 2.45) is 10.9 Å². The zero-order chi connectivity index (χ0) is 17.6. The van der Waals surface area contributed by atoms with Gasteiger partial charge in [-0.15, -0.1) is 24.0 Å². The molecule has 2 atom stereocenters.